The summed E-state index contributed by atoms with van der Waals surface area (Å²) in [6.07, 6.45) is 8.13. The van der Waals surface area contributed by atoms with E-state index < -0.39 is 0 Å². The van der Waals surface area contributed by atoms with Gasteiger partial charge >= 0.3 is 5.97 Å². The maximum absolute atomic E-state index is 11.2. The smallest absolute Gasteiger partial charge is 0.330 e. The Labute approximate surface area is 101 Å². The minimum atomic E-state index is -0.376. The molecule has 0 spiro atoms. The van der Waals surface area contributed by atoms with Gasteiger partial charge in [-0.3, -0.25) is 0 Å². The van der Waals surface area contributed by atoms with Crippen molar-refractivity contribution < 1.29 is 14.3 Å². The molecule has 0 fully saturated rings. The van der Waals surface area contributed by atoms with Crippen LogP contribution in [0.25, 0.3) is 6.08 Å². The SMILES string of the molecule is C#CCOc1ccccc1/C=C/C(=O)OCC. The standard InChI is InChI=1S/C14H14O3/c1-3-11-17-13-8-6-5-7-12(13)9-10-14(15)16-4-2/h1,5-10H,4,11H2,2H3/b10-9+. The second-order valence-electron chi connectivity index (χ2n) is 3.12. The minimum Gasteiger partial charge on any atom is -0.480 e. The third-order valence-corrected chi connectivity index (χ3v) is 1.92. The molecule has 0 saturated carbocycles. The summed E-state index contributed by atoms with van der Waals surface area (Å²) in [6, 6.07) is 7.32. The second kappa shape index (κ2) is 7.13. The average molecular weight is 230 g/mol. The number of para-hydroxylation sites is 1. The topological polar surface area (TPSA) is 35.5 Å². The van der Waals surface area contributed by atoms with Crippen LogP contribution in [0.1, 0.15) is 12.5 Å². The van der Waals surface area contributed by atoms with Crippen molar-refractivity contribution in [3.8, 4) is 18.1 Å². The van der Waals surface area contributed by atoms with Crippen molar-refractivity contribution in [2.75, 3.05) is 13.2 Å². The summed E-state index contributed by atoms with van der Waals surface area (Å²) in [6.45, 7) is 2.32. The van der Waals surface area contributed by atoms with Crippen LogP contribution in [0.3, 0.4) is 0 Å². The number of esters is 1. The largest absolute Gasteiger partial charge is 0.480 e. The van der Waals surface area contributed by atoms with Crippen LogP contribution >= 0.6 is 0 Å². The first-order valence-electron chi connectivity index (χ1n) is 5.28. The van der Waals surface area contributed by atoms with Gasteiger partial charge in [-0.05, 0) is 19.1 Å². The molecule has 0 aliphatic heterocycles. The highest BCUT2D eigenvalue weighted by atomic mass is 16.5. The molecule has 0 unspecified atom stereocenters. The van der Waals surface area contributed by atoms with Crippen molar-refractivity contribution in [3.63, 3.8) is 0 Å². The van der Waals surface area contributed by atoms with Crippen molar-refractivity contribution in [2.45, 2.75) is 6.92 Å². The molecule has 0 N–H and O–H groups in total. The second-order valence-corrected chi connectivity index (χ2v) is 3.12. The summed E-state index contributed by atoms with van der Waals surface area (Å²) < 4.78 is 10.1. The molecule has 0 radical (unpaired) electrons. The number of carbonyl (C=O) groups excluding carboxylic acids is 1. The van der Waals surface area contributed by atoms with Crippen LogP contribution in [-0.4, -0.2) is 19.2 Å². The molecule has 0 aliphatic carbocycles. The molecule has 3 nitrogen and oxygen atoms in total. The van der Waals surface area contributed by atoms with Gasteiger partial charge in [0.1, 0.15) is 12.4 Å². The van der Waals surface area contributed by atoms with Crippen molar-refractivity contribution in [1.29, 1.82) is 0 Å². The molecule has 0 atom stereocenters. The molecule has 0 bridgehead atoms. The van der Waals surface area contributed by atoms with Crippen molar-refractivity contribution >= 4 is 12.0 Å². The van der Waals surface area contributed by atoms with Gasteiger partial charge in [0, 0.05) is 11.6 Å². The molecular formula is C14H14O3. The normalized spacial score (nSPS) is 9.88. The van der Waals surface area contributed by atoms with Crippen molar-refractivity contribution in [3.05, 3.63) is 35.9 Å². The molecule has 0 aromatic heterocycles. The zero-order valence-electron chi connectivity index (χ0n) is 9.68. The lowest BCUT2D eigenvalue weighted by Crippen LogP contribution is -1.99. The molecular weight excluding hydrogens is 216 g/mol. The number of terminal acetylenes is 1. The highest BCUT2D eigenvalue weighted by molar-refractivity contribution is 5.87. The molecule has 0 heterocycles. The number of benzene rings is 1. The van der Waals surface area contributed by atoms with E-state index in [1.54, 1.807) is 19.1 Å². The van der Waals surface area contributed by atoms with Gasteiger partial charge in [-0.1, -0.05) is 24.1 Å². The highest BCUT2D eigenvalue weighted by Crippen LogP contribution is 2.19. The Morgan fingerprint density at radius 1 is 1.47 bits per heavy atom. The van der Waals surface area contributed by atoms with Gasteiger partial charge < -0.3 is 9.47 Å². The molecule has 88 valence electrons. The van der Waals surface area contributed by atoms with Crippen LogP contribution in [-0.2, 0) is 9.53 Å². The summed E-state index contributed by atoms with van der Waals surface area (Å²) in [4.78, 5) is 11.2. The van der Waals surface area contributed by atoms with E-state index in [1.165, 1.54) is 6.08 Å². The van der Waals surface area contributed by atoms with E-state index in [4.69, 9.17) is 15.9 Å². The molecule has 0 saturated heterocycles. The van der Waals surface area contributed by atoms with Crippen LogP contribution in [0.4, 0.5) is 0 Å². The lowest BCUT2D eigenvalue weighted by molar-refractivity contribution is -0.137. The molecule has 1 aromatic rings. The number of hydrogen-bond acceptors (Lipinski definition) is 3. The Morgan fingerprint density at radius 3 is 2.94 bits per heavy atom. The van der Waals surface area contributed by atoms with Gasteiger partial charge in [0.05, 0.1) is 6.61 Å². The lowest BCUT2D eigenvalue weighted by Gasteiger charge is -2.05. The first-order chi connectivity index (χ1) is 8.27. The third-order valence-electron chi connectivity index (χ3n) is 1.92. The molecule has 1 rings (SSSR count). The van der Waals surface area contributed by atoms with E-state index >= 15 is 0 Å². The van der Waals surface area contributed by atoms with Crippen LogP contribution in [0.15, 0.2) is 30.3 Å². The van der Waals surface area contributed by atoms with Crippen LogP contribution in [0.5, 0.6) is 5.75 Å². The van der Waals surface area contributed by atoms with Gasteiger partial charge in [-0.25, -0.2) is 4.79 Å². The van der Waals surface area contributed by atoms with Crippen LogP contribution in [0.2, 0.25) is 0 Å². The number of rotatable bonds is 5. The van der Waals surface area contributed by atoms with Crippen LogP contribution in [0, 0.1) is 12.3 Å². The molecule has 1 aromatic carbocycles. The Hall–Kier alpha value is -2.21. The summed E-state index contributed by atoms with van der Waals surface area (Å²) >= 11 is 0. The maximum atomic E-state index is 11.2. The summed E-state index contributed by atoms with van der Waals surface area (Å²) in [5.74, 6) is 2.66. The number of ether oxygens (including phenoxy) is 2. The van der Waals surface area contributed by atoms with Gasteiger partial charge in [0.25, 0.3) is 0 Å². The van der Waals surface area contributed by atoms with E-state index in [-0.39, 0.29) is 12.6 Å². The van der Waals surface area contributed by atoms with Crippen LogP contribution < -0.4 is 4.74 Å². The summed E-state index contributed by atoms with van der Waals surface area (Å²) in [7, 11) is 0. The summed E-state index contributed by atoms with van der Waals surface area (Å²) in [5, 5.41) is 0. The molecule has 0 aliphatic rings. The minimum absolute atomic E-state index is 0.199. The first-order valence-corrected chi connectivity index (χ1v) is 5.28. The van der Waals surface area contributed by atoms with Gasteiger partial charge in [-0.2, -0.15) is 0 Å². The van der Waals surface area contributed by atoms with E-state index in [9.17, 15) is 4.79 Å². The fraction of sp³-hybridized carbons (Fsp3) is 0.214. The van der Waals surface area contributed by atoms with Crippen molar-refractivity contribution in [2.24, 2.45) is 0 Å². The van der Waals surface area contributed by atoms with Crippen molar-refractivity contribution in [1.82, 2.24) is 0 Å². The maximum Gasteiger partial charge on any atom is 0.330 e. The lowest BCUT2D eigenvalue weighted by atomic mass is 10.2. The Bertz CT molecular complexity index is 441. The molecule has 3 heteroatoms. The average Bonchev–Trinajstić information content (AvgIpc) is 2.35. The van der Waals surface area contributed by atoms with E-state index in [2.05, 4.69) is 5.92 Å². The fourth-order valence-corrected chi connectivity index (χ4v) is 1.22. The monoisotopic (exact) mass is 230 g/mol. The van der Waals surface area contributed by atoms with Gasteiger partial charge in [0.2, 0.25) is 0 Å². The molecule has 17 heavy (non-hydrogen) atoms. The van der Waals surface area contributed by atoms with E-state index in [0.29, 0.717) is 12.4 Å². The quantitative estimate of drug-likeness (QED) is 0.442. The van der Waals surface area contributed by atoms with E-state index in [1.807, 2.05) is 18.2 Å². The fourth-order valence-electron chi connectivity index (χ4n) is 1.22. The summed E-state index contributed by atoms with van der Waals surface area (Å²) in [5.41, 5.74) is 0.788. The predicted molar refractivity (Wildman–Crippen MR) is 66.4 cm³/mol. The Kier molecular flexibility index (Phi) is 5.39. The zero-order chi connectivity index (χ0) is 12.5. The number of carbonyl (C=O) groups is 1. The number of hydrogen-bond donors (Lipinski definition) is 0. The molecule has 0 amide bonds. The van der Waals surface area contributed by atoms with E-state index in [0.717, 1.165) is 5.56 Å². The predicted octanol–water partition coefficient (Wildman–Crippen LogP) is 2.27. The van der Waals surface area contributed by atoms with Gasteiger partial charge in [-0.15, -0.1) is 6.42 Å². The highest BCUT2D eigenvalue weighted by Gasteiger charge is 2.00. The zero-order valence-corrected chi connectivity index (χ0v) is 9.68. The van der Waals surface area contributed by atoms with Gasteiger partial charge in [0.15, 0.2) is 0 Å². The Morgan fingerprint density at radius 2 is 2.24 bits per heavy atom. The first kappa shape index (κ1) is 12.9. The Balaban J connectivity index is 2.76. The third kappa shape index (κ3) is 4.43.